The van der Waals surface area contributed by atoms with Gasteiger partial charge in [-0.05, 0) is 24.1 Å². The summed E-state index contributed by atoms with van der Waals surface area (Å²) >= 11 is 1.48. The number of hydrogen-bond donors (Lipinski definition) is 2. The third kappa shape index (κ3) is 3.72. The summed E-state index contributed by atoms with van der Waals surface area (Å²) in [5.74, 6) is -0.780. The summed E-state index contributed by atoms with van der Waals surface area (Å²) in [4.78, 5) is 11.3. The first-order valence-electron chi connectivity index (χ1n) is 4.32. The van der Waals surface area contributed by atoms with Crippen molar-refractivity contribution in [3.63, 3.8) is 0 Å². The molecule has 0 spiro atoms. The number of carboxylic acids is 1. The molecule has 1 aromatic rings. The van der Waals surface area contributed by atoms with Crippen LogP contribution in [0.25, 0.3) is 6.08 Å². The summed E-state index contributed by atoms with van der Waals surface area (Å²) in [6.07, 6.45) is 4.11. The Morgan fingerprint density at radius 3 is 3.14 bits per heavy atom. The van der Waals surface area contributed by atoms with Crippen molar-refractivity contribution in [2.75, 3.05) is 13.6 Å². The van der Waals surface area contributed by atoms with Gasteiger partial charge in [0.2, 0.25) is 0 Å². The largest absolute Gasteiger partial charge is 0.481 e. The predicted molar refractivity (Wildman–Crippen MR) is 58.6 cm³/mol. The number of nitrogens with one attached hydrogen (secondary N) is 1. The van der Waals surface area contributed by atoms with Crippen molar-refractivity contribution in [1.29, 1.82) is 0 Å². The summed E-state index contributed by atoms with van der Waals surface area (Å²) in [5.41, 5.74) is 1.07. The topological polar surface area (TPSA) is 49.3 Å². The van der Waals surface area contributed by atoms with Crippen LogP contribution in [0.15, 0.2) is 17.5 Å². The normalized spacial score (nSPS) is 10.9. The summed E-state index contributed by atoms with van der Waals surface area (Å²) in [5, 5.41) is 13.5. The molecule has 2 N–H and O–H groups in total. The Balaban J connectivity index is 2.54. The van der Waals surface area contributed by atoms with Crippen LogP contribution in [0.3, 0.4) is 0 Å². The van der Waals surface area contributed by atoms with Crippen molar-refractivity contribution >= 4 is 23.4 Å². The van der Waals surface area contributed by atoms with Gasteiger partial charge in [0.05, 0.1) is 6.42 Å². The van der Waals surface area contributed by atoms with Crippen LogP contribution in [0.2, 0.25) is 0 Å². The second-order valence-electron chi connectivity index (χ2n) is 2.88. The molecule has 0 saturated carbocycles. The van der Waals surface area contributed by atoms with Crippen LogP contribution in [0.5, 0.6) is 0 Å². The molecule has 0 unspecified atom stereocenters. The van der Waals surface area contributed by atoms with Gasteiger partial charge >= 0.3 is 5.97 Å². The second-order valence-corrected chi connectivity index (χ2v) is 3.87. The summed E-state index contributed by atoms with van der Waals surface area (Å²) in [6, 6.07) is 1.91. The van der Waals surface area contributed by atoms with Crippen molar-refractivity contribution < 1.29 is 9.90 Å². The molecule has 0 saturated heterocycles. The molecule has 1 rings (SSSR count). The van der Waals surface area contributed by atoms with Crippen LogP contribution >= 0.6 is 11.3 Å². The highest BCUT2D eigenvalue weighted by Gasteiger charge is 2.02. The van der Waals surface area contributed by atoms with Gasteiger partial charge < -0.3 is 10.4 Å². The molecule has 0 fully saturated rings. The van der Waals surface area contributed by atoms with Gasteiger partial charge in [0.25, 0.3) is 0 Å². The van der Waals surface area contributed by atoms with Crippen LogP contribution < -0.4 is 5.32 Å². The van der Waals surface area contributed by atoms with Gasteiger partial charge in [0.1, 0.15) is 0 Å². The molecule has 0 radical (unpaired) electrons. The van der Waals surface area contributed by atoms with Gasteiger partial charge in [0, 0.05) is 11.4 Å². The number of thiophene rings is 1. The zero-order valence-electron chi connectivity index (χ0n) is 7.99. The fourth-order valence-corrected chi connectivity index (χ4v) is 1.88. The standard InChI is InChI=1S/C10H13NO2S/c1-11-4-2-3-8-5-9(14-7-8)6-10(12)13/h2-3,5,7,11H,4,6H2,1H3,(H,12,13). The fraction of sp³-hybridized carbons (Fsp3) is 0.300. The molecule has 4 heteroatoms. The minimum Gasteiger partial charge on any atom is -0.481 e. The van der Waals surface area contributed by atoms with E-state index in [1.54, 1.807) is 0 Å². The molecule has 0 bridgehead atoms. The second kappa shape index (κ2) is 5.57. The Labute approximate surface area is 87.1 Å². The van der Waals surface area contributed by atoms with Crippen molar-refractivity contribution in [1.82, 2.24) is 5.32 Å². The molecule has 0 aromatic carbocycles. The van der Waals surface area contributed by atoms with Gasteiger partial charge in [-0.15, -0.1) is 11.3 Å². The number of carbonyl (C=O) groups is 1. The third-order valence-corrected chi connectivity index (χ3v) is 2.59. The monoisotopic (exact) mass is 211 g/mol. The lowest BCUT2D eigenvalue weighted by molar-refractivity contribution is -0.136. The highest BCUT2D eigenvalue weighted by atomic mass is 32.1. The first kappa shape index (κ1) is 10.9. The minimum absolute atomic E-state index is 0.116. The van der Waals surface area contributed by atoms with Crippen molar-refractivity contribution in [2.45, 2.75) is 6.42 Å². The van der Waals surface area contributed by atoms with E-state index in [1.807, 2.05) is 30.6 Å². The zero-order valence-corrected chi connectivity index (χ0v) is 8.80. The van der Waals surface area contributed by atoms with Crippen LogP contribution in [0.4, 0.5) is 0 Å². The van der Waals surface area contributed by atoms with E-state index in [0.717, 1.165) is 17.0 Å². The summed E-state index contributed by atoms with van der Waals surface area (Å²) in [6.45, 7) is 0.824. The molecule has 1 heterocycles. The van der Waals surface area contributed by atoms with Gasteiger partial charge in [-0.3, -0.25) is 4.79 Å². The smallest absolute Gasteiger partial charge is 0.308 e. The summed E-state index contributed by atoms with van der Waals surface area (Å²) in [7, 11) is 1.88. The number of carboxylic acid groups (broad SMARTS) is 1. The van der Waals surface area contributed by atoms with Gasteiger partial charge in [-0.25, -0.2) is 0 Å². The van der Waals surface area contributed by atoms with E-state index in [4.69, 9.17) is 5.11 Å². The Bertz CT molecular complexity index is 331. The fourth-order valence-electron chi connectivity index (χ4n) is 1.04. The van der Waals surface area contributed by atoms with E-state index in [-0.39, 0.29) is 6.42 Å². The molecule has 0 aliphatic heterocycles. The lowest BCUT2D eigenvalue weighted by atomic mass is 10.2. The van der Waals surface area contributed by atoms with Gasteiger partial charge in [0.15, 0.2) is 0 Å². The average Bonchev–Trinajstić information content (AvgIpc) is 2.52. The maximum absolute atomic E-state index is 10.4. The van der Waals surface area contributed by atoms with Crippen molar-refractivity contribution in [2.24, 2.45) is 0 Å². The molecule has 0 atom stereocenters. The van der Waals surface area contributed by atoms with E-state index < -0.39 is 5.97 Å². The van der Waals surface area contributed by atoms with Crippen LogP contribution in [-0.4, -0.2) is 24.7 Å². The quantitative estimate of drug-likeness (QED) is 0.778. The Morgan fingerprint density at radius 2 is 2.50 bits per heavy atom. The molecule has 0 aliphatic carbocycles. The van der Waals surface area contributed by atoms with Crippen LogP contribution in [0, 0.1) is 0 Å². The lowest BCUT2D eigenvalue weighted by Crippen LogP contribution is -2.03. The van der Waals surface area contributed by atoms with E-state index in [1.165, 1.54) is 11.3 Å². The Hall–Kier alpha value is -1.13. The average molecular weight is 211 g/mol. The van der Waals surface area contributed by atoms with Gasteiger partial charge in [-0.1, -0.05) is 12.2 Å². The van der Waals surface area contributed by atoms with Crippen LogP contribution in [-0.2, 0) is 11.2 Å². The van der Waals surface area contributed by atoms with E-state index >= 15 is 0 Å². The lowest BCUT2D eigenvalue weighted by Gasteiger charge is -1.88. The molecule has 76 valence electrons. The Morgan fingerprint density at radius 1 is 1.71 bits per heavy atom. The van der Waals surface area contributed by atoms with E-state index in [9.17, 15) is 4.79 Å². The maximum Gasteiger partial charge on any atom is 0.308 e. The van der Waals surface area contributed by atoms with Crippen molar-refractivity contribution in [3.8, 4) is 0 Å². The first-order valence-corrected chi connectivity index (χ1v) is 5.20. The molecule has 3 nitrogen and oxygen atoms in total. The van der Waals surface area contributed by atoms with E-state index in [0.29, 0.717) is 0 Å². The van der Waals surface area contributed by atoms with Crippen LogP contribution in [0.1, 0.15) is 10.4 Å². The minimum atomic E-state index is -0.780. The third-order valence-electron chi connectivity index (χ3n) is 1.63. The zero-order chi connectivity index (χ0) is 10.4. The highest BCUT2D eigenvalue weighted by molar-refractivity contribution is 7.10. The molecular weight excluding hydrogens is 198 g/mol. The maximum atomic E-state index is 10.4. The number of hydrogen-bond acceptors (Lipinski definition) is 3. The van der Waals surface area contributed by atoms with Gasteiger partial charge in [-0.2, -0.15) is 0 Å². The molecule has 0 amide bonds. The Kier molecular flexibility index (Phi) is 4.35. The number of rotatable bonds is 5. The van der Waals surface area contributed by atoms with E-state index in [2.05, 4.69) is 5.32 Å². The number of aliphatic carboxylic acids is 1. The SMILES string of the molecule is CNCC=Cc1csc(CC(=O)O)c1. The molecule has 1 aromatic heterocycles. The number of likely N-dealkylation sites (N-methyl/N-ethyl adjacent to an activating group) is 1. The molecule has 14 heavy (non-hydrogen) atoms. The first-order chi connectivity index (χ1) is 6.72. The van der Waals surface area contributed by atoms with Crippen molar-refractivity contribution in [3.05, 3.63) is 28.0 Å². The highest BCUT2D eigenvalue weighted by Crippen LogP contribution is 2.16. The predicted octanol–water partition coefficient (Wildman–Crippen LogP) is 1.61. The molecule has 0 aliphatic rings. The summed E-state index contributed by atoms with van der Waals surface area (Å²) < 4.78 is 0. The molecular formula is C10H13NO2S.